The van der Waals surface area contributed by atoms with Crippen LogP contribution >= 0.6 is 0 Å². The van der Waals surface area contributed by atoms with E-state index in [1.165, 1.54) is 4.68 Å². The summed E-state index contributed by atoms with van der Waals surface area (Å²) in [5, 5.41) is 9.83. The predicted octanol–water partition coefficient (Wildman–Crippen LogP) is 3.12. The van der Waals surface area contributed by atoms with Gasteiger partial charge in [0.2, 0.25) is 5.91 Å². The van der Waals surface area contributed by atoms with Crippen LogP contribution in [-0.2, 0) is 11.3 Å². The van der Waals surface area contributed by atoms with Gasteiger partial charge in [-0.1, -0.05) is 36.4 Å². The molecule has 0 saturated heterocycles. The van der Waals surface area contributed by atoms with Crippen molar-refractivity contribution < 1.29 is 4.79 Å². The fraction of sp³-hybridized carbons (Fsp3) is 0.217. The number of anilines is 1. The maximum absolute atomic E-state index is 13.3. The van der Waals surface area contributed by atoms with Crippen molar-refractivity contribution in [2.24, 2.45) is 0 Å². The summed E-state index contributed by atoms with van der Waals surface area (Å²) in [4.78, 5) is 27.8. The molecule has 0 N–H and O–H groups in total. The SMILES string of the molecule is CN(C(=O)Cn1nc(C2CC2)c2cnn(-c3ccccc3)c2c1=O)c1ccccc1. The van der Waals surface area contributed by atoms with Gasteiger partial charge in [-0.15, -0.1) is 0 Å². The number of benzene rings is 2. The van der Waals surface area contributed by atoms with E-state index in [0.717, 1.165) is 35.3 Å². The molecule has 1 fully saturated rings. The third kappa shape index (κ3) is 3.18. The van der Waals surface area contributed by atoms with Gasteiger partial charge >= 0.3 is 0 Å². The van der Waals surface area contributed by atoms with Crippen molar-refractivity contribution in [3.05, 3.63) is 82.9 Å². The first-order chi connectivity index (χ1) is 14.6. The molecule has 0 aliphatic heterocycles. The van der Waals surface area contributed by atoms with E-state index in [9.17, 15) is 9.59 Å². The van der Waals surface area contributed by atoms with Gasteiger partial charge in [0.15, 0.2) is 0 Å². The number of nitrogens with zero attached hydrogens (tertiary/aromatic N) is 5. The van der Waals surface area contributed by atoms with E-state index in [-0.39, 0.29) is 18.0 Å². The van der Waals surface area contributed by atoms with Crippen LogP contribution in [0.2, 0.25) is 0 Å². The summed E-state index contributed by atoms with van der Waals surface area (Å²) < 4.78 is 2.94. The van der Waals surface area contributed by atoms with E-state index >= 15 is 0 Å². The van der Waals surface area contributed by atoms with Crippen molar-refractivity contribution >= 4 is 22.5 Å². The quantitative estimate of drug-likeness (QED) is 0.517. The minimum Gasteiger partial charge on any atom is -0.314 e. The van der Waals surface area contributed by atoms with Crippen LogP contribution in [-0.4, -0.2) is 32.5 Å². The lowest BCUT2D eigenvalue weighted by Crippen LogP contribution is -2.36. The minimum absolute atomic E-state index is 0.125. The van der Waals surface area contributed by atoms with Gasteiger partial charge in [-0.2, -0.15) is 10.2 Å². The number of amides is 1. The molecule has 1 aliphatic rings. The van der Waals surface area contributed by atoms with E-state index in [1.807, 2.05) is 60.7 Å². The number of para-hydroxylation sites is 2. The lowest BCUT2D eigenvalue weighted by molar-refractivity contribution is -0.119. The number of rotatable bonds is 5. The Morgan fingerprint density at radius 3 is 2.40 bits per heavy atom. The molecule has 2 heterocycles. The lowest BCUT2D eigenvalue weighted by Gasteiger charge is -2.18. The Balaban J connectivity index is 1.59. The third-order valence-corrected chi connectivity index (χ3v) is 5.48. The van der Waals surface area contributed by atoms with Crippen LogP contribution in [0, 0.1) is 0 Å². The highest BCUT2D eigenvalue weighted by Gasteiger charge is 2.30. The smallest absolute Gasteiger partial charge is 0.293 e. The molecule has 0 radical (unpaired) electrons. The molecule has 7 heteroatoms. The fourth-order valence-electron chi connectivity index (χ4n) is 3.65. The van der Waals surface area contributed by atoms with Crippen molar-refractivity contribution in [1.82, 2.24) is 19.6 Å². The van der Waals surface area contributed by atoms with Crippen LogP contribution in [0.3, 0.4) is 0 Å². The number of carbonyl (C=O) groups excluding carboxylic acids is 1. The molecule has 1 saturated carbocycles. The van der Waals surface area contributed by atoms with Gasteiger partial charge in [-0.25, -0.2) is 9.36 Å². The first-order valence-electron chi connectivity index (χ1n) is 9.99. The molecule has 150 valence electrons. The average molecular weight is 399 g/mol. The Morgan fingerprint density at radius 2 is 1.73 bits per heavy atom. The number of hydrogen-bond acceptors (Lipinski definition) is 4. The van der Waals surface area contributed by atoms with Crippen molar-refractivity contribution in [2.45, 2.75) is 25.3 Å². The molecule has 0 bridgehead atoms. The van der Waals surface area contributed by atoms with Gasteiger partial charge in [0.05, 0.1) is 17.6 Å². The van der Waals surface area contributed by atoms with Gasteiger partial charge in [0, 0.05) is 24.0 Å². The number of likely N-dealkylation sites (N-methyl/N-ethyl adjacent to an activating group) is 1. The molecule has 1 amide bonds. The zero-order valence-electron chi connectivity index (χ0n) is 16.6. The minimum atomic E-state index is -0.314. The molecule has 2 aromatic carbocycles. The van der Waals surface area contributed by atoms with Crippen LogP contribution in [0.4, 0.5) is 5.69 Å². The standard InChI is InChI=1S/C23H21N5O2/c1-26(17-8-4-2-5-9-17)20(29)15-27-23(30)22-19(21(25-27)16-12-13-16)14-24-28(22)18-10-6-3-7-11-18/h2-11,14,16H,12-13,15H2,1H3. The molecule has 5 rings (SSSR count). The molecule has 0 atom stereocenters. The van der Waals surface area contributed by atoms with Gasteiger partial charge < -0.3 is 4.90 Å². The Morgan fingerprint density at radius 1 is 1.07 bits per heavy atom. The van der Waals surface area contributed by atoms with Crippen LogP contribution in [0.1, 0.15) is 24.5 Å². The third-order valence-electron chi connectivity index (χ3n) is 5.48. The summed E-state index contributed by atoms with van der Waals surface area (Å²) >= 11 is 0. The van der Waals surface area contributed by atoms with Gasteiger partial charge in [-0.3, -0.25) is 9.59 Å². The van der Waals surface area contributed by atoms with Crippen molar-refractivity contribution in [3.63, 3.8) is 0 Å². The van der Waals surface area contributed by atoms with Crippen LogP contribution in [0.5, 0.6) is 0 Å². The molecule has 4 aromatic rings. The van der Waals surface area contributed by atoms with Gasteiger partial charge in [-0.05, 0) is 37.1 Å². The number of aromatic nitrogens is 4. The zero-order valence-corrected chi connectivity index (χ0v) is 16.6. The first kappa shape index (κ1) is 18.3. The molecule has 1 aliphatic carbocycles. The summed E-state index contributed by atoms with van der Waals surface area (Å²) in [6.07, 6.45) is 3.79. The number of carbonyl (C=O) groups is 1. The zero-order chi connectivity index (χ0) is 20.7. The van der Waals surface area contributed by atoms with E-state index in [4.69, 9.17) is 0 Å². The molecule has 0 unspecified atom stereocenters. The number of fused-ring (bicyclic) bond motifs is 1. The van der Waals surface area contributed by atoms with Gasteiger partial charge in [0.1, 0.15) is 12.1 Å². The van der Waals surface area contributed by atoms with E-state index in [2.05, 4.69) is 10.2 Å². The molecule has 2 aromatic heterocycles. The topological polar surface area (TPSA) is 73.0 Å². The van der Waals surface area contributed by atoms with Crippen molar-refractivity contribution in [1.29, 1.82) is 0 Å². The Hall–Kier alpha value is -3.74. The Bertz CT molecular complexity index is 1270. The molecule has 30 heavy (non-hydrogen) atoms. The summed E-state index contributed by atoms with van der Waals surface area (Å²) in [6, 6.07) is 18.9. The highest BCUT2D eigenvalue weighted by Crippen LogP contribution is 2.41. The molecular weight excluding hydrogens is 378 g/mol. The summed E-state index contributed by atoms with van der Waals surface area (Å²) in [7, 11) is 1.71. The largest absolute Gasteiger partial charge is 0.314 e. The lowest BCUT2D eigenvalue weighted by atomic mass is 10.2. The summed E-state index contributed by atoms with van der Waals surface area (Å²) in [6.45, 7) is -0.125. The van der Waals surface area contributed by atoms with E-state index in [0.29, 0.717) is 11.4 Å². The fourth-order valence-corrected chi connectivity index (χ4v) is 3.65. The van der Waals surface area contributed by atoms with Crippen molar-refractivity contribution in [3.8, 4) is 5.69 Å². The maximum atomic E-state index is 13.3. The maximum Gasteiger partial charge on any atom is 0.293 e. The van der Waals surface area contributed by atoms with E-state index < -0.39 is 0 Å². The van der Waals surface area contributed by atoms with Gasteiger partial charge in [0.25, 0.3) is 5.56 Å². The first-order valence-corrected chi connectivity index (χ1v) is 9.99. The molecule has 7 nitrogen and oxygen atoms in total. The highest BCUT2D eigenvalue weighted by molar-refractivity contribution is 5.92. The predicted molar refractivity (Wildman–Crippen MR) is 115 cm³/mol. The average Bonchev–Trinajstić information content (AvgIpc) is 3.53. The Kier molecular flexibility index (Phi) is 4.43. The van der Waals surface area contributed by atoms with Crippen LogP contribution < -0.4 is 10.5 Å². The second kappa shape index (κ2) is 7.26. The normalized spacial score (nSPS) is 13.5. The number of hydrogen-bond donors (Lipinski definition) is 0. The Labute approximate surface area is 173 Å². The second-order valence-corrected chi connectivity index (χ2v) is 7.56. The van der Waals surface area contributed by atoms with Crippen molar-refractivity contribution in [2.75, 3.05) is 11.9 Å². The molecular formula is C23H21N5O2. The van der Waals surface area contributed by atoms with Crippen LogP contribution in [0.15, 0.2) is 71.7 Å². The molecule has 0 spiro atoms. The summed E-state index contributed by atoms with van der Waals surface area (Å²) in [5.74, 6) is 0.109. The summed E-state index contributed by atoms with van der Waals surface area (Å²) in [5.41, 5.74) is 2.57. The van der Waals surface area contributed by atoms with Crippen LogP contribution in [0.25, 0.3) is 16.6 Å². The van der Waals surface area contributed by atoms with E-state index in [1.54, 1.807) is 22.8 Å². The highest BCUT2D eigenvalue weighted by atomic mass is 16.2. The monoisotopic (exact) mass is 399 g/mol. The second-order valence-electron chi connectivity index (χ2n) is 7.56.